The van der Waals surface area contributed by atoms with Gasteiger partial charge in [-0.3, -0.25) is 0 Å². The van der Waals surface area contributed by atoms with Gasteiger partial charge in [0.1, 0.15) is 0 Å². The molecule has 0 aliphatic rings. The highest BCUT2D eigenvalue weighted by Gasteiger charge is 2.23. The van der Waals surface area contributed by atoms with Crippen LogP contribution in [0.5, 0.6) is 0 Å². The number of hydrogen-bond donors (Lipinski definition) is 1. The smallest absolute Gasteiger partial charge is 0.0302 e. The molecule has 3 heteroatoms. The van der Waals surface area contributed by atoms with Crippen molar-refractivity contribution in [3.63, 3.8) is 0 Å². The van der Waals surface area contributed by atoms with Crippen molar-refractivity contribution in [1.29, 1.82) is 0 Å². The quantitative estimate of drug-likeness (QED) is 0.794. The maximum Gasteiger partial charge on any atom is 0.0302 e. The number of likely N-dealkylation sites (N-methyl/N-ethyl adjacent to an activating group) is 1. The molecule has 1 unspecified atom stereocenters. The lowest BCUT2D eigenvalue weighted by molar-refractivity contribution is 0.142. The fourth-order valence-corrected chi connectivity index (χ4v) is 2.77. The zero-order chi connectivity index (χ0) is 13.8. The molecule has 0 saturated heterocycles. The summed E-state index contributed by atoms with van der Waals surface area (Å²) in [6.07, 6.45) is 0. The second-order valence-corrected chi connectivity index (χ2v) is 7.23. The van der Waals surface area contributed by atoms with Gasteiger partial charge >= 0.3 is 0 Å². The maximum absolute atomic E-state index is 3.53. The van der Waals surface area contributed by atoms with Gasteiger partial charge in [-0.15, -0.1) is 11.3 Å². The van der Waals surface area contributed by atoms with Crippen molar-refractivity contribution in [3.8, 4) is 0 Å². The summed E-state index contributed by atoms with van der Waals surface area (Å²) in [6, 6.07) is 2.79. The molecule has 0 aliphatic carbocycles. The lowest BCUT2D eigenvalue weighted by atomic mass is 9.87. The Kier molecular flexibility index (Phi) is 5.83. The topological polar surface area (TPSA) is 15.3 Å². The molecule has 0 spiro atoms. The monoisotopic (exact) mass is 268 g/mol. The van der Waals surface area contributed by atoms with Crippen LogP contribution in [0, 0.1) is 12.3 Å². The Morgan fingerprint density at radius 1 is 1.39 bits per heavy atom. The number of nitrogens with one attached hydrogen (secondary N) is 1. The van der Waals surface area contributed by atoms with Gasteiger partial charge in [0.05, 0.1) is 0 Å². The zero-order valence-electron chi connectivity index (χ0n) is 12.7. The second-order valence-electron chi connectivity index (χ2n) is 6.23. The van der Waals surface area contributed by atoms with Crippen molar-refractivity contribution in [2.45, 2.75) is 47.2 Å². The lowest BCUT2D eigenvalue weighted by Gasteiger charge is -2.35. The predicted octanol–water partition coefficient (Wildman–Crippen LogP) is 3.51. The first kappa shape index (κ1) is 15.7. The number of aryl methyl sites for hydroxylation is 1. The Hall–Kier alpha value is -0.380. The zero-order valence-corrected chi connectivity index (χ0v) is 13.5. The first-order valence-electron chi connectivity index (χ1n) is 6.76. The van der Waals surface area contributed by atoms with E-state index in [0.29, 0.717) is 11.5 Å². The van der Waals surface area contributed by atoms with Crippen LogP contribution in [0.2, 0.25) is 0 Å². The summed E-state index contributed by atoms with van der Waals surface area (Å²) in [5, 5.41) is 5.70. The predicted molar refractivity (Wildman–Crippen MR) is 82.3 cm³/mol. The van der Waals surface area contributed by atoms with E-state index in [1.807, 2.05) is 11.3 Å². The van der Waals surface area contributed by atoms with Gasteiger partial charge in [-0.05, 0) is 43.3 Å². The highest BCUT2D eigenvalue weighted by molar-refractivity contribution is 7.10. The Morgan fingerprint density at radius 2 is 2.06 bits per heavy atom. The summed E-state index contributed by atoms with van der Waals surface area (Å²) in [6.45, 7) is 14.5. The van der Waals surface area contributed by atoms with Gasteiger partial charge in [0, 0.05) is 30.6 Å². The minimum absolute atomic E-state index is 0.346. The number of thiophene rings is 1. The lowest BCUT2D eigenvalue weighted by Crippen LogP contribution is -2.42. The van der Waals surface area contributed by atoms with E-state index in [9.17, 15) is 0 Å². The minimum atomic E-state index is 0.346. The van der Waals surface area contributed by atoms with Crippen LogP contribution in [-0.4, -0.2) is 31.1 Å². The van der Waals surface area contributed by atoms with Crippen LogP contribution in [0.4, 0.5) is 0 Å². The van der Waals surface area contributed by atoms with Crippen molar-refractivity contribution in [3.05, 3.63) is 21.9 Å². The van der Waals surface area contributed by atoms with Gasteiger partial charge in [0.15, 0.2) is 0 Å². The Morgan fingerprint density at radius 3 is 2.56 bits per heavy atom. The molecule has 0 fully saturated rings. The van der Waals surface area contributed by atoms with E-state index in [-0.39, 0.29) is 0 Å². The minimum Gasteiger partial charge on any atom is -0.311 e. The third-order valence-electron chi connectivity index (χ3n) is 3.81. The van der Waals surface area contributed by atoms with Gasteiger partial charge in [-0.2, -0.15) is 0 Å². The van der Waals surface area contributed by atoms with Crippen molar-refractivity contribution in [2.75, 3.05) is 20.1 Å². The summed E-state index contributed by atoms with van der Waals surface area (Å²) in [5.41, 5.74) is 1.75. The van der Waals surface area contributed by atoms with Crippen molar-refractivity contribution < 1.29 is 0 Å². The normalized spacial score (nSPS) is 14.2. The molecule has 1 N–H and O–H groups in total. The van der Waals surface area contributed by atoms with Crippen molar-refractivity contribution in [1.82, 2.24) is 10.2 Å². The molecule has 0 aliphatic heterocycles. The van der Waals surface area contributed by atoms with Gasteiger partial charge in [0.2, 0.25) is 0 Å². The van der Waals surface area contributed by atoms with Gasteiger partial charge < -0.3 is 10.2 Å². The molecule has 1 atom stereocenters. The molecular formula is C15H28N2S. The van der Waals surface area contributed by atoms with Crippen LogP contribution in [-0.2, 0) is 6.54 Å². The molecule has 0 bridgehead atoms. The molecule has 0 radical (unpaired) electrons. The fourth-order valence-electron chi connectivity index (χ4n) is 1.90. The maximum atomic E-state index is 3.53. The van der Waals surface area contributed by atoms with E-state index in [0.717, 1.165) is 19.6 Å². The van der Waals surface area contributed by atoms with E-state index in [1.54, 1.807) is 0 Å². The fraction of sp³-hybridized carbons (Fsp3) is 0.733. The molecule has 2 nitrogen and oxygen atoms in total. The van der Waals surface area contributed by atoms with E-state index in [4.69, 9.17) is 0 Å². The molecular weight excluding hydrogens is 240 g/mol. The third-order valence-corrected chi connectivity index (χ3v) is 4.83. The largest absolute Gasteiger partial charge is 0.311 e. The van der Waals surface area contributed by atoms with Crippen molar-refractivity contribution in [2.24, 2.45) is 5.41 Å². The summed E-state index contributed by atoms with van der Waals surface area (Å²) in [4.78, 5) is 3.90. The van der Waals surface area contributed by atoms with Crippen molar-refractivity contribution >= 4 is 11.3 Å². The molecule has 1 aromatic rings. The van der Waals surface area contributed by atoms with E-state index < -0.39 is 0 Å². The van der Waals surface area contributed by atoms with Crippen LogP contribution in [0.15, 0.2) is 11.4 Å². The molecule has 1 heterocycles. The van der Waals surface area contributed by atoms with Gasteiger partial charge in [0.25, 0.3) is 0 Å². The van der Waals surface area contributed by atoms with Crippen LogP contribution >= 0.6 is 11.3 Å². The van der Waals surface area contributed by atoms with E-state index >= 15 is 0 Å². The summed E-state index contributed by atoms with van der Waals surface area (Å²) >= 11 is 1.84. The first-order chi connectivity index (χ1) is 8.32. The average Bonchev–Trinajstić information content (AvgIpc) is 2.68. The van der Waals surface area contributed by atoms with Crippen LogP contribution in [0.25, 0.3) is 0 Å². The van der Waals surface area contributed by atoms with E-state index in [1.165, 1.54) is 10.4 Å². The molecule has 104 valence electrons. The first-order valence-corrected chi connectivity index (χ1v) is 7.64. The highest BCUT2D eigenvalue weighted by atomic mass is 32.1. The second kappa shape index (κ2) is 6.69. The van der Waals surface area contributed by atoms with Gasteiger partial charge in [-0.1, -0.05) is 20.8 Å². The highest BCUT2D eigenvalue weighted by Crippen LogP contribution is 2.22. The number of nitrogens with zero attached hydrogens (tertiary/aromatic N) is 1. The van der Waals surface area contributed by atoms with Gasteiger partial charge in [-0.25, -0.2) is 0 Å². The Balaban J connectivity index is 2.24. The molecule has 1 aromatic heterocycles. The molecule has 18 heavy (non-hydrogen) atoms. The standard InChI is InChI=1S/C15H28N2S/c1-12-7-10-18-14(12)11-16-8-9-17(6)13(2)15(3,4)5/h7,10,13,16H,8-9,11H2,1-6H3. The number of rotatable bonds is 6. The van der Waals surface area contributed by atoms with E-state index in [2.05, 4.69) is 63.3 Å². The van der Waals surface area contributed by atoms with Crippen LogP contribution < -0.4 is 5.32 Å². The molecule has 0 amide bonds. The Labute approximate surface area is 116 Å². The number of hydrogen-bond acceptors (Lipinski definition) is 3. The molecule has 0 aromatic carbocycles. The van der Waals surface area contributed by atoms with Crippen LogP contribution in [0.3, 0.4) is 0 Å². The molecule has 1 rings (SSSR count). The summed E-state index contributed by atoms with van der Waals surface area (Å²) in [7, 11) is 2.22. The third kappa shape index (κ3) is 4.71. The van der Waals surface area contributed by atoms with Crippen LogP contribution in [0.1, 0.15) is 38.1 Å². The average molecular weight is 268 g/mol. The Bertz CT molecular complexity index is 352. The SMILES string of the molecule is Cc1ccsc1CNCCN(C)C(C)C(C)(C)C. The summed E-state index contributed by atoms with van der Waals surface area (Å²) < 4.78 is 0. The summed E-state index contributed by atoms with van der Waals surface area (Å²) in [5.74, 6) is 0. The molecule has 0 saturated carbocycles.